The number of phenolic OH excluding ortho intramolecular Hbond substituents is 3. The Kier molecular flexibility index (Phi) is 2.91. The van der Waals surface area contributed by atoms with Crippen LogP contribution in [-0.2, 0) is 6.42 Å². The highest BCUT2D eigenvalue weighted by molar-refractivity contribution is 5.72. The van der Waals surface area contributed by atoms with E-state index in [1.807, 2.05) is 13.0 Å². The van der Waals surface area contributed by atoms with E-state index in [0.29, 0.717) is 6.42 Å². The highest BCUT2D eigenvalue weighted by Gasteiger charge is 2.10. The molecule has 2 aromatic rings. The third kappa shape index (κ3) is 2.18. The van der Waals surface area contributed by atoms with Crippen LogP contribution in [0.15, 0.2) is 36.4 Å². The van der Waals surface area contributed by atoms with Crippen LogP contribution in [0.5, 0.6) is 17.2 Å². The van der Waals surface area contributed by atoms with Gasteiger partial charge in [-0.2, -0.15) is 0 Å². The van der Waals surface area contributed by atoms with Crippen LogP contribution >= 0.6 is 0 Å². The smallest absolute Gasteiger partial charge is 0.123 e. The van der Waals surface area contributed by atoms with Crippen molar-refractivity contribution in [1.82, 2.24) is 0 Å². The molecule has 3 heteroatoms. The minimum atomic E-state index is 0.0121. The molecule has 0 aromatic heterocycles. The first-order valence-corrected chi connectivity index (χ1v) is 5.46. The lowest BCUT2D eigenvalue weighted by atomic mass is 9.96. The van der Waals surface area contributed by atoms with Crippen LogP contribution < -0.4 is 0 Å². The molecule has 0 amide bonds. The Bertz CT molecular complexity index is 547. The quantitative estimate of drug-likeness (QED) is 0.743. The summed E-state index contributed by atoms with van der Waals surface area (Å²) in [6, 6.07) is 9.65. The van der Waals surface area contributed by atoms with Gasteiger partial charge in [0.2, 0.25) is 0 Å². The highest BCUT2D eigenvalue weighted by atomic mass is 16.3. The minimum Gasteiger partial charge on any atom is -0.508 e. The number of rotatable bonds is 2. The van der Waals surface area contributed by atoms with E-state index in [4.69, 9.17) is 0 Å². The summed E-state index contributed by atoms with van der Waals surface area (Å²) in [7, 11) is 0. The Labute approximate surface area is 99.6 Å². The Morgan fingerprint density at radius 2 is 1.71 bits per heavy atom. The molecule has 88 valence electrons. The maximum absolute atomic E-state index is 9.78. The van der Waals surface area contributed by atoms with Gasteiger partial charge >= 0.3 is 0 Å². The maximum atomic E-state index is 9.78. The van der Waals surface area contributed by atoms with E-state index < -0.39 is 0 Å². The lowest BCUT2D eigenvalue weighted by Gasteiger charge is -2.11. The summed E-state index contributed by atoms with van der Waals surface area (Å²) in [5, 5.41) is 28.8. The zero-order valence-corrected chi connectivity index (χ0v) is 9.51. The van der Waals surface area contributed by atoms with Crippen molar-refractivity contribution in [2.45, 2.75) is 13.3 Å². The zero-order valence-electron chi connectivity index (χ0n) is 9.51. The number of hydrogen-bond acceptors (Lipinski definition) is 3. The van der Waals surface area contributed by atoms with Gasteiger partial charge in [0, 0.05) is 11.6 Å². The van der Waals surface area contributed by atoms with Crippen LogP contribution in [0.2, 0.25) is 0 Å². The van der Waals surface area contributed by atoms with Crippen molar-refractivity contribution in [2.24, 2.45) is 0 Å². The summed E-state index contributed by atoms with van der Waals surface area (Å²) in [5.74, 6) is 0.247. The molecule has 0 spiro atoms. The molecule has 3 N–H and O–H groups in total. The third-order valence-corrected chi connectivity index (χ3v) is 2.72. The lowest BCUT2D eigenvalue weighted by molar-refractivity contribution is 0.447. The van der Waals surface area contributed by atoms with Gasteiger partial charge in [0.05, 0.1) is 0 Å². The van der Waals surface area contributed by atoms with Gasteiger partial charge in [0.1, 0.15) is 17.2 Å². The molecule has 0 bridgehead atoms. The molecule has 2 aromatic carbocycles. The monoisotopic (exact) mass is 230 g/mol. The van der Waals surface area contributed by atoms with Gasteiger partial charge in [-0.3, -0.25) is 0 Å². The Balaban J connectivity index is 2.65. The fourth-order valence-electron chi connectivity index (χ4n) is 1.94. The van der Waals surface area contributed by atoms with Crippen molar-refractivity contribution in [1.29, 1.82) is 0 Å². The topological polar surface area (TPSA) is 60.7 Å². The van der Waals surface area contributed by atoms with Gasteiger partial charge in [-0.15, -0.1) is 0 Å². The third-order valence-electron chi connectivity index (χ3n) is 2.72. The van der Waals surface area contributed by atoms with Gasteiger partial charge in [-0.1, -0.05) is 19.1 Å². The second kappa shape index (κ2) is 4.37. The summed E-state index contributed by atoms with van der Waals surface area (Å²) in [5.41, 5.74) is 2.27. The first-order valence-electron chi connectivity index (χ1n) is 5.46. The summed E-state index contributed by atoms with van der Waals surface area (Å²) in [4.78, 5) is 0. The number of hydrogen-bond donors (Lipinski definition) is 3. The average Bonchev–Trinajstić information content (AvgIpc) is 2.28. The van der Waals surface area contributed by atoms with Crippen molar-refractivity contribution < 1.29 is 15.3 Å². The lowest BCUT2D eigenvalue weighted by Crippen LogP contribution is -1.89. The molecule has 0 fully saturated rings. The highest BCUT2D eigenvalue weighted by Crippen LogP contribution is 2.35. The summed E-state index contributed by atoms with van der Waals surface area (Å²) >= 11 is 0. The van der Waals surface area contributed by atoms with Crippen molar-refractivity contribution >= 4 is 0 Å². The van der Waals surface area contributed by atoms with Crippen LogP contribution in [0.3, 0.4) is 0 Å². The summed E-state index contributed by atoms with van der Waals surface area (Å²) < 4.78 is 0. The van der Waals surface area contributed by atoms with E-state index in [1.54, 1.807) is 24.3 Å². The fraction of sp³-hybridized carbons (Fsp3) is 0.143. The molecule has 0 atom stereocenters. The van der Waals surface area contributed by atoms with Crippen molar-refractivity contribution in [2.75, 3.05) is 0 Å². The summed E-state index contributed by atoms with van der Waals surface area (Å²) in [6.07, 6.45) is 0.650. The van der Waals surface area contributed by atoms with E-state index in [9.17, 15) is 15.3 Å². The van der Waals surface area contributed by atoms with E-state index in [2.05, 4.69) is 0 Å². The first kappa shape index (κ1) is 11.3. The Morgan fingerprint density at radius 3 is 2.35 bits per heavy atom. The fourth-order valence-corrected chi connectivity index (χ4v) is 1.94. The molecule has 0 aliphatic heterocycles. The molecular weight excluding hydrogens is 216 g/mol. The molecular formula is C14H14O3. The second-order valence-corrected chi connectivity index (χ2v) is 3.89. The molecule has 2 rings (SSSR count). The minimum absolute atomic E-state index is 0.0121. The van der Waals surface area contributed by atoms with Crippen LogP contribution in [-0.4, -0.2) is 15.3 Å². The number of aromatic hydroxyl groups is 3. The standard InChI is InChI=1S/C14H14O3/c1-2-12-13(7-11(16)8-14(12)17)9-4-3-5-10(15)6-9/h3-8,15-17H,2H2,1H3. The Hall–Kier alpha value is -2.16. The van der Waals surface area contributed by atoms with Gasteiger partial charge in [-0.25, -0.2) is 0 Å². The summed E-state index contributed by atoms with van der Waals surface area (Å²) in [6.45, 7) is 1.93. The predicted octanol–water partition coefficient (Wildman–Crippen LogP) is 3.03. The van der Waals surface area contributed by atoms with Crippen LogP contribution in [0.1, 0.15) is 12.5 Å². The first-order chi connectivity index (χ1) is 8.11. The Morgan fingerprint density at radius 1 is 0.941 bits per heavy atom. The van der Waals surface area contributed by atoms with E-state index >= 15 is 0 Å². The number of phenols is 3. The van der Waals surface area contributed by atoms with Crippen molar-refractivity contribution in [3.63, 3.8) is 0 Å². The van der Waals surface area contributed by atoms with Crippen LogP contribution in [0.25, 0.3) is 11.1 Å². The molecule has 0 aliphatic carbocycles. The van der Waals surface area contributed by atoms with Gasteiger partial charge < -0.3 is 15.3 Å². The van der Waals surface area contributed by atoms with E-state index in [1.165, 1.54) is 6.07 Å². The van der Waals surface area contributed by atoms with E-state index in [-0.39, 0.29) is 17.2 Å². The van der Waals surface area contributed by atoms with Crippen molar-refractivity contribution in [3.05, 3.63) is 42.0 Å². The molecule has 17 heavy (non-hydrogen) atoms. The average molecular weight is 230 g/mol. The molecule has 0 saturated heterocycles. The van der Waals surface area contributed by atoms with Gasteiger partial charge in [0.25, 0.3) is 0 Å². The largest absolute Gasteiger partial charge is 0.508 e. The van der Waals surface area contributed by atoms with Crippen LogP contribution in [0, 0.1) is 0 Å². The molecule has 0 aliphatic rings. The van der Waals surface area contributed by atoms with Gasteiger partial charge in [-0.05, 0) is 35.7 Å². The SMILES string of the molecule is CCc1c(O)cc(O)cc1-c1cccc(O)c1. The molecule has 0 radical (unpaired) electrons. The molecule has 3 nitrogen and oxygen atoms in total. The molecule has 0 heterocycles. The van der Waals surface area contributed by atoms with E-state index in [0.717, 1.165) is 16.7 Å². The van der Waals surface area contributed by atoms with Crippen molar-refractivity contribution in [3.8, 4) is 28.4 Å². The number of benzene rings is 2. The van der Waals surface area contributed by atoms with Gasteiger partial charge in [0.15, 0.2) is 0 Å². The van der Waals surface area contributed by atoms with Crippen LogP contribution in [0.4, 0.5) is 0 Å². The molecule has 0 saturated carbocycles. The normalized spacial score (nSPS) is 10.4. The molecule has 0 unspecified atom stereocenters. The maximum Gasteiger partial charge on any atom is 0.123 e. The predicted molar refractivity (Wildman–Crippen MR) is 66.3 cm³/mol. The second-order valence-electron chi connectivity index (χ2n) is 3.89. The zero-order chi connectivity index (χ0) is 12.4.